The second kappa shape index (κ2) is 6.20. The normalized spacial score (nSPS) is 15.5. The second-order valence-electron chi connectivity index (χ2n) is 6.59. The van der Waals surface area contributed by atoms with Gasteiger partial charge in [0.2, 0.25) is 0 Å². The molecular weight excluding hydrogens is 318 g/mol. The molecule has 0 aliphatic heterocycles. The molecule has 1 fully saturated rings. The van der Waals surface area contributed by atoms with Crippen LogP contribution in [0.15, 0.2) is 41.3 Å². The van der Waals surface area contributed by atoms with Gasteiger partial charge in [-0.15, -0.1) is 0 Å². The van der Waals surface area contributed by atoms with E-state index in [0.717, 1.165) is 10.1 Å². The van der Waals surface area contributed by atoms with Gasteiger partial charge in [-0.05, 0) is 24.3 Å². The molecular formula is C19H19N3O3. The van der Waals surface area contributed by atoms with E-state index in [-0.39, 0.29) is 16.8 Å². The molecule has 1 aliphatic rings. The molecule has 0 bridgehead atoms. The molecule has 0 atom stereocenters. The third-order valence-electron chi connectivity index (χ3n) is 5.01. The van der Waals surface area contributed by atoms with Gasteiger partial charge in [-0.1, -0.05) is 43.5 Å². The second-order valence-corrected chi connectivity index (χ2v) is 6.59. The average Bonchev–Trinajstić information content (AvgIpc) is 3.07. The summed E-state index contributed by atoms with van der Waals surface area (Å²) >= 11 is 0. The SMILES string of the molecule is O=C(O)c1c[nH]n2c(=O)cc(-c3ccc(C4CCCCC4)cc3)nc12. The molecule has 6 heteroatoms. The molecule has 6 nitrogen and oxygen atoms in total. The highest BCUT2D eigenvalue weighted by Gasteiger charge is 2.17. The fourth-order valence-corrected chi connectivity index (χ4v) is 3.65. The quantitative estimate of drug-likeness (QED) is 0.766. The van der Waals surface area contributed by atoms with Gasteiger partial charge < -0.3 is 5.11 Å². The summed E-state index contributed by atoms with van der Waals surface area (Å²) in [5, 5.41) is 11.9. The number of hydrogen-bond donors (Lipinski definition) is 2. The van der Waals surface area contributed by atoms with Gasteiger partial charge in [-0.2, -0.15) is 0 Å². The zero-order valence-electron chi connectivity index (χ0n) is 13.7. The van der Waals surface area contributed by atoms with Crippen LogP contribution < -0.4 is 5.56 Å². The summed E-state index contributed by atoms with van der Waals surface area (Å²) in [5.74, 6) is -0.498. The number of aromatic amines is 1. The van der Waals surface area contributed by atoms with E-state index in [1.54, 1.807) is 0 Å². The van der Waals surface area contributed by atoms with Crippen molar-refractivity contribution in [2.75, 3.05) is 0 Å². The fourth-order valence-electron chi connectivity index (χ4n) is 3.65. The molecule has 0 saturated heterocycles. The van der Waals surface area contributed by atoms with Crippen LogP contribution in [0.1, 0.15) is 53.9 Å². The van der Waals surface area contributed by atoms with Crippen molar-refractivity contribution in [2.24, 2.45) is 0 Å². The highest BCUT2D eigenvalue weighted by molar-refractivity contribution is 5.94. The van der Waals surface area contributed by atoms with E-state index in [4.69, 9.17) is 0 Å². The van der Waals surface area contributed by atoms with Crippen molar-refractivity contribution in [1.82, 2.24) is 14.6 Å². The molecule has 2 N–H and O–H groups in total. The minimum absolute atomic E-state index is 0.0159. The van der Waals surface area contributed by atoms with E-state index in [9.17, 15) is 14.7 Å². The summed E-state index contributed by atoms with van der Waals surface area (Å²) in [6.45, 7) is 0. The first-order valence-electron chi connectivity index (χ1n) is 8.58. The van der Waals surface area contributed by atoms with Crippen molar-refractivity contribution in [3.8, 4) is 11.3 Å². The Hall–Kier alpha value is -2.89. The first-order chi connectivity index (χ1) is 12.1. The lowest BCUT2D eigenvalue weighted by atomic mass is 9.84. The van der Waals surface area contributed by atoms with Crippen molar-refractivity contribution < 1.29 is 9.90 Å². The molecule has 0 unspecified atom stereocenters. The molecule has 3 aromatic rings. The van der Waals surface area contributed by atoms with Crippen LogP contribution in [0.4, 0.5) is 0 Å². The van der Waals surface area contributed by atoms with Crippen LogP contribution in [0.5, 0.6) is 0 Å². The maximum Gasteiger partial charge on any atom is 0.341 e. The molecule has 1 saturated carbocycles. The predicted molar refractivity (Wildman–Crippen MR) is 94.0 cm³/mol. The summed E-state index contributed by atoms with van der Waals surface area (Å²) in [6, 6.07) is 9.56. The van der Waals surface area contributed by atoms with Crippen molar-refractivity contribution >= 4 is 11.6 Å². The number of nitrogens with zero attached hydrogens (tertiary/aromatic N) is 2. The zero-order chi connectivity index (χ0) is 17.4. The predicted octanol–water partition coefficient (Wildman–Crippen LogP) is 3.44. The van der Waals surface area contributed by atoms with Crippen molar-refractivity contribution in [3.63, 3.8) is 0 Å². The third-order valence-corrected chi connectivity index (χ3v) is 5.01. The summed E-state index contributed by atoms with van der Waals surface area (Å²) < 4.78 is 1.14. The van der Waals surface area contributed by atoms with E-state index < -0.39 is 5.97 Å². The molecule has 1 aromatic carbocycles. The molecule has 128 valence electrons. The number of hydrogen-bond acceptors (Lipinski definition) is 3. The number of carboxylic acid groups (broad SMARTS) is 1. The van der Waals surface area contributed by atoms with E-state index in [0.29, 0.717) is 11.6 Å². The van der Waals surface area contributed by atoms with Crippen LogP contribution in [-0.2, 0) is 0 Å². The Labute approximate surface area is 144 Å². The number of aromatic nitrogens is 3. The average molecular weight is 337 g/mol. The number of fused-ring (bicyclic) bond motifs is 1. The first-order valence-corrected chi connectivity index (χ1v) is 8.58. The van der Waals surface area contributed by atoms with Gasteiger partial charge in [0.05, 0.1) is 5.69 Å². The Balaban J connectivity index is 1.72. The van der Waals surface area contributed by atoms with Gasteiger partial charge >= 0.3 is 5.97 Å². The van der Waals surface area contributed by atoms with Gasteiger partial charge in [0.1, 0.15) is 5.56 Å². The van der Waals surface area contributed by atoms with Gasteiger partial charge in [0.15, 0.2) is 5.65 Å². The molecule has 0 radical (unpaired) electrons. The van der Waals surface area contributed by atoms with Crippen LogP contribution in [0.25, 0.3) is 16.9 Å². The van der Waals surface area contributed by atoms with E-state index >= 15 is 0 Å². The first kappa shape index (κ1) is 15.6. The number of carbonyl (C=O) groups is 1. The summed E-state index contributed by atoms with van der Waals surface area (Å²) in [4.78, 5) is 27.9. The fraction of sp³-hybridized carbons (Fsp3) is 0.316. The Morgan fingerprint density at radius 1 is 1.16 bits per heavy atom. The minimum Gasteiger partial charge on any atom is -0.477 e. The smallest absolute Gasteiger partial charge is 0.341 e. The topological polar surface area (TPSA) is 87.5 Å². The lowest BCUT2D eigenvalue weighted by Crippen LogP contribution is -2.15. The third kappa shape index (κ3) is 2.84. The van der Waals surface area contributed by atoms with Crippen molar-refractivity contribution in [3.05, 3.63) is 58.0 Å². The number of nitrogens with one attached hydrogen (secondary N) is 1. The van der Waals surface area contributed by atoms with Crippen LogP contribution >= 0.6 is 0 Å². The number of carboxylic acids is 1. The van der Waals surface area contributed by atoms with Gasteiger partial charge in [0, 0.05) is 17.8 Å². The lowest BCUT2D eigenvalue weighted by molar-refractivity contribution is 0.0699. The summed E-state index contributed by atoms with van der Waals surface area (Å²) in [5.41, 5.74) is 2.42. The molecule has 1 aliphatic carbocycles. The summed E-state index contributed by atoms with van der Waals surface area (Å²) in [6.07, 6.45) is 7.64. The van der Waals surface area contributed by atoms with Crippen molar-refractivity contribution in [2.45, 2.75) is 38.0 Å². The lowest BCUT2D eigenvalue weighted by Gasteiger charge is -2.22. The number of benzene rings is 1. The Bertz CT molecular complexity index is 979. The molecule has 2 heterocycles. The zero-order valence-corrected chi connectivity index (χ0v) is 13.7. The Morgan fingerprint density at radius 3 is 2.56 bits per heavy atom. The van der Waals surface area contributed by atoms with E-state index in [1.165, 1.54) is 49.9 Å². The van der Waals surface area contributed by atoms with Crippen LogP contribution in [0, 0.1) is 0 Å². The van der Waals surface area contributed by atoms with E-state index in [2.05, 4.69) is 22.2 Å². The Kier molecular flexibility index (Phi) is 3.87. The number of rotatable bonds is 3. The van der Waals surface area contributed by atoms with Gasteiger partial charge in [-0.3, -0.25) is 9.89 Å². The monoisotopic (exact) mass is 337 g/mol. The van der Waals surface area contributed by atoms with Crippen LogP contribution in [-0.4, -0.2) is 25.7 Å². The standard InChI is InChI=1S/C19H19N3O3/c23-17-10-16(21-18-15(19(24)25)11-20-22(17)18)14-8-6-13(7-9-14)12-4-2-1-3-5-12/h6-12,20H,1-5H2,(H,24,25). The number of H-pyrrole nitrogens is 1. The summed E-state index contributed by atoms with van der Waals surface area (Å²) in [7, 11) is 0. The molecule has 25 heavy (non-hydrogen) atoms. The Morgan fingerprint density at radius 2 is 1.88 bits per heavy atom. The molecule has 0 amide bonds. The number of aromatic carboxylic acids is 1. The van der Waals surface area contributed by atoms with Crippen LogP contribution in [0.3, 0.4) is 0 Å². The molecule has 4 rings (SSSR count). The highest BCUT2D eigenvalue weighted by Crippen LogP contribution is 2.33. The maximum absolute atomic E-state index is 12.2. The van der Waals surface area contributed by atoms with E-state index in [1.807, 2.05) is 12.1 Å². The largest absolute Gasteiger partial charge is 0.477 e. The maximum atomic E-state index is 12.2. The van der Waals surface area contributed by atoms with Crippen molar-refractivity contribution in [1.29, 1.82) is 0 Å². The highest BCUT2D eigenvalue weighted by atomic mass is 16.4. The van der Waals surface area contributed by atoms with Gasteiger partial charge in [-0.25, -0.2) is 14.3 Å². The molecule has 0 spiro atoms. The molecule has 2 aromatic heterocycles. The minimum atomic E-state index is -1.12. The van der Waals surface area contributed by atoms with Gasteiger partial charge in [0.25, 0.3) is 5.56 Å². The van der Waals surface area contributed by atoms with Crippen LogP contribution in [0.2, 0.25) is 0 Å².